The molecule has 0 bridgehead atoms. The standard InChI is InChI=1S/C16H13BrN4O2/c1-23-14-7-6-10-4-2-3-5-11(10)12(14)8-18-20-13-9-19-21-16(22)15(13)17/h2-9H,1H3,(H2,20,21,22)/b18-8-. The van der Waals surface area contributed by atoms with Crippen molar-refractivity contribution in [3.63, 3.8) is 0 Å². The minimum absolute atomic E-state index is 0.326. The first-order valence-corrected chi connectivity index (χ1v) is 7.58. The summed E-state index contributed by atoms with van der Waals surface area (Å²) in [5.41, 5.74) is 3.81. The first-order valence-electron chi connectivity index (χ1n) is 6.78. The molecular formula is C16H13BrN4O2. The van der Waals surface area contributed by atoms with Crippen LogP contribution in [0.4, 0.5) is 5.69 Å². The number of halogens is 1. The molecule has 3 rings (SSSR count). The van der Waals surface area contributed by atoms with E-state index >= 15 is 0 Å². The fourth-order valence-corrected chi connectivity index (χ4v) is 2.49. The molecule has 1 aromatic heterocycles. The van der Waals surface area contributed by atoms with E-state index in [1.54, 1.807) is 13.3 Å². The Morgan fingerprint density at radius 2 is 2.13 bits per heavy atom. The van der Waals surface area contributed by atoms with E-state index in [1.807, 2.05) is 36.4 Å². The van der Waals surface area contributed by atoms with Gasteiger partial charge in [0.2, 0.25) is 0 Å². The van der Waals surface area contributed by atoms with Crippen molar-refractivity contribution >= 4 is 38.6 Å². The number of aromatic amines is 1. The van der Waals surface area contributed by atoms with Gasteiger partial charge in [-0.15, -0.1) is 0 Å². The highest BCUT2D eigenvalue weighted by molar-refractivity contribution is 9.10. The Labute approximate surface area is 140 Å². The van der Waals surface area contributed by atoms with E-state index in [0.29, 0.717) is 10.2 Å². The van der Waals surface area contributed by atoms with E-state index in [-0.39, 0.29) is 5.56 Å². The fraction of sp³-hybridized carbons (Fsp3) is 0.0625. The van der Waals surface area contributed by atoms with Gasteiger partial charge >= 0.3 is 0 Å². The Hall–Kier alpha value is -2.67. The number of hydrogen-bond donors (Lipinski definition) is 2. The summed E-state index contributed by atoms with van der Waals surface area (Å²) in [4.78, 5) is 11.5. The zero-order valence-corrected chi connectivity index (χ0v) is 13.8. The first kappa shape index (κ1) is 15.2. The van der Waals surface area contributed by atoms with Crippen molar-refractivity contribution < 1.29 is 4.74 Å². The van der Waals surface area contributed by atoms with Crippen molar-refractivity contribution in [1.29, 1.82) is 0 Å². The Morgan fingerprint density at radius 3 is 2.96 bits per heavy atom. The van der Waals surface area contributed by atoms with Crippen LogP contribution in [-0.4, -0.2) is 23.5 Å². The Bertz CT molecular complexity index is 937. The second kappa shape index (κ2) is 6.62. The smallest absolute Gasteiger partial charge is 0.280 e. The van der Waals surface area contributed by atoms with Gasteiger partial charge in [0.25, 0.3) is 5.56 Å². The molecule has 0 amide bonds. The highest BCUT2D eigenvalue weighted by Gasteiger charge is 2.06. The number of hydrazone groups is 1. The van der Waals surface area contributed by atoms with Crippen LogP contribution >= 0.6 is 15.9 Å². The lowest BCUT2D eigenvalue weighted by atomic mass is 10.0. The maximum Gasteiger partial charge on any atom is 0.280 e. The van der Waals surface area contributed by atoms with Crippen LogP contribution in [-0.2, 0) is 0 Å². The fourth-order valence-electron chi connectivity index (χ4n) is 2.21. The predicted octanol–water partition coefficient (Wildman–Crippen LogP) is 3.14. The molecule has 0 aliphatic carbocycles. The van der Waals surface area contributed by atoms with Gasteiger partial charge in [-0.05, 0) is 32.8 Å². The van der Waals surface area contributed by atoms with Crippen LogP contribution in [0, 0.1) is 0 Å². The molecule has 7 heteroatoms. The average molecular weight is 373 g/mol. The second-order valence-corrected chi connectivity index (χ2v) is 5.49. The molecule has 2 N–H and O–H groups in total. The normalized spacial score (nSPS) is 11.0. The van der Waals surface area contributed by atoms with E-state index in [0.717, 1.165) is 22.1 Å². The number of hydrogen-bond acceptors (Lipinski definition) is 5. The summed E-state index contributed by atoms with van der Waals surface area (Å²) in [5.74, 6) is 0.720. The topological polar surface area (TPSA) is 79.4 Å². The largest absolute Gasteiger partial charge is 0.496 e. The second-order valence-electron chi connectivity index (χ2n) is 4.70. The molecule has 116 valence electrons. The molecule has 0 unspecified atom stereocenters. The summed E-state index contributed by atoms with van der Waals surface area (Å²) in [7, 11) is 1.62. The molecular weight excluding hydrogens is 360 g/mol. The summed E-state index contributed by atoms with van der Waals surface area (Å²) in [6.45, 7) is 0. The van der Waals surface area contributed by atoms with Gasteiger partial charge in [0, 0.05) is 5.56 Å². The molecule has 6 nitrogen and oxygen atoms in total. The quantitative estimate of drug-likeness (QED) is 0.544. The SMILES string of the molecule is COc1ccc2ccccc2c1/C=N\Nc1cn[nH]c(=O)c1Br. The van der Waals surface area contributed by atoms with Crippen molar-refractivity contribution in [1.82, 2.24) is 10.2 Å². The molecule has 0 atom stereocenters. The first-order chi connectivity index (χ1) is 11.2. The molecule has 0 aliphatic heterocycles. The van der Waals surface area contributed by atoms with E-state index in [2.05, 4.69) is 36.7 Å². The highest BCUT2D eigenvalue weighted by Crippen LogP contribution is 2.26. The van der Waals surface area contributed by atoms with Crippen LogP contribution in [0.15, 0.2) is 57.0 Å². The van der Waals surface area contributed by atoms with Gasteiger partial charge in [-0.1, -0.05) is 30.3 Å². The number of rotatable bonds is 4. The third-order valence-corrected chi connectivity index (χ3v) is 4.11. The van der Waals surface area contributed by atoms with Gasteiger partial charge in [-0.25, -0.2) is 5.10 Å². The van der Waals surface area contributed by atoms with Gasteiger partial charge in [0.05, 0.1) is 25.2 Å². The van der Waals surface area contributed by atoms with Gasteiger partial charge < -0.3 is 4.74 Å². The maximum atomic E-state index is 11.5. The Morgan fingerprint density at radius 1 is 1.30 bits per heavy atom. The molecule has 0 fully saturated rings. The summed E-state index contributed by atoms with van der Waals surface area (Å²) in [6, 6.07) is 11.9. The van der Waals surface area contributed by atoms with E-state index in [9.17, 15) is 4.79 Å². The van der Waals surface area contributed by atoms with Crippen molar-refractivity contribution in [3.05, 3.63) is 63.0 Å². The number of nitrogens with zero attached hydrogens (tertiary/aromatic N) is 2. The molecule has 23 heavy (non-hydrogen) atoms. The van der Waals surface area contributed by atoms with Crippen molar-refractivity contribution in [2.75, 3.05) is 12.5 Å². The lowest BCUT2D eigenvalue weighted by Crippen LogP contribution is -2.10. The highest BCUT2D eigenvalue weighted by atomic mass is 79.9. The van der Waals surface area contributed by atoms with Gasteiger partial charge in [-0.3, -0.25) is 10.2 Å². The zero-order chi connectivity index (χ0) is 16.2. The van der Waals surface area contributed by atoms with E-state index in [4.69, 9.17) is 4.74 Å². The molecule has 0 aliphatic rings. The van der Waals surface area contributed by atoms with E-state index < -0.39 is 0 Å². The summed E-state index contributed by atoms with van der Waals surface area (Å²) in [5, 5.41) is 12.4. The summed E-state index contributed by atoms with van der Waals surface area (Å²) < 4.78 is 5.75. The predicted molar refractivity (Wildman–Crippen MR) is 94.3 cm³/mol. The molecule has 1 heterocycles. The third-order valence-electron chi connectivity index (χ3n) is 3.32. The Balaban J connectivity index is 1.97. The number of ether oxygens (including phenoxy) is 1. The Kier molecular flexibility index (Phi) is 4.38. The number of nitrogens with one attached hydrogen (secondary N) is 2. The lowest BCUT2D eigenvalue weighted by Gasteiger charge is -2.08. The minimum Gasteiger partial charge on any atom is -0.496 e. The van der Waals surface area contributed by atoms with Gasteiger partial charge in [-0.2, -0.15) is 10.2 Å². The molecule has 0 spiro atoms. The zero-order valence-electron chi connectivity index (χ0n) is 12.2. The maximum absolute atomic E-state index is 11.5. The van der Waals surface area contributed by atoms with Crippen LogP contribution in [0.5, 0.6) is 5.75 Å². The van der Waals surface area contributed by atoms with Crippen LogP contribution < -0.4 is 15.7 Å². The molecule has 0 radical (unpaired) electrons. The number of fused-ring (bicyclic) bond motifs is 1. The summed E-state index contributed by atoms with van der Waals surface area (Å²) in [6.07, 6.45) is 3.14. The molecule has 0 saturated carbocycles. The van der Waals surface area contributed by atoms with Gasteiger partial charge in [0.15, 0.2) is 0 Å². The number of benzene rings is 2. The number of aromatic nitrogens is 2. The van der Waals surface area contributed by atoms with Gasteiger partial charge in [0.1, 0.15) is 10.2 Å². The van der Waals surface area contributed by atoms with Crippen molar-refractivity contribution in [2.45, 2.75) is 0 Å². The van der Waals surface area contributed by atoms with E-state index in [1.165, 1.54) is 6.20 Å². The van der Waals surface area contributed by atoms with Crippen LogP contribution in [0.25, 0.3) is 10.8 Å². The van der Waals surface area contributed by atoms with Crippen LogP contribution in [0.1, 0.15) is 5.56 Å². The van der Waals surface area contributed by atoms with Crippen molar-refractivity contribution in [2.24, 2.45) is 5.10 Å². The number of H-pyrrole nitrogens is 1. The van der Waals surface area contributed by atoms with Crippen molar-refractivity contribution in [3.8, 4) is 5.75 Å². The lowest BCUT2D eigenvalue weighted by molar-refractivity contribution is 0.415. The third kappa shape index (κ3) is 3.09. The minimum atomic E-state index is -0.326. The molecule has 2 aromatic carbocycles. The monoisotopic (exact) mass is 372 g/mol. The number of methoxy groups -OCH3 is 1. The summed E-state index contributed by atoms with van der Waals surface area (Å²) >= 11 is 3.19. The van der Waals surface area contributed by atoms with Crippen LogP contribution in [0.2, 0.25) is 0 Å². The number of anilines is 1. The van der Waals surface area contributed by atoms with Crippen LogP contribution in [0.3, 0.4) is 0 Å². The average Bonchev–Trinajstić information content (AvgIpc) is 2.58. The molecule has 3 aromatic rings. The molecule has 0 saturated heterocycles.